The monoisotopic (exact) mass is 356 g/mol. The summed E-state index contributed by atoms with van der Waals surface area (Å²) in [5.74, 6) is 1.41. The van der Waals surface area contributed by atoms with E-state index in [9.17, 15) is 4.79 Å². The topological polar surface area (TPSA) is 35.5 Å². The van der Waals surface area contributed by atoms with Crippen LogP contribution in [0.3, 0.4) is 0 Å². The van der Waals surface area contributed by atoms with Crippen LogP contribution in [0.4, 0.5) is 0 Å². The number of Topliss-reactive ketones (excluding diaryl/α,β-unsaturated/α-hetero) is 1. The molecule has 2 fully saturated rings. The predicted molar refractivity (Wildman–Crippen MR) is 101 cm³/mol. The molecule has 142 valence electrons. The third-order valence-electron chi connectivity index (χ3n) is 9.03. The number of carbonyl (C=O) groups is 1. The summed E-state index contributed by atoms with van der Waals surface area (Å²) in [5.41, 5.74) is 4.85. The molecule has 1 saturated carbocycles. The third kappa shape index (κ3) is 2.10. The van der Waals surface area contributed by atoms with Crippen molar-refractivity contribution in [1.29, 1.82) is 0 Å². The number of hydrogen-bond acceptors (Lipinski definition) is 3. The van der Waals surface area contributed by atoms with Gasteiger partial charge in [0.05, 0.1) is 13.2 Å². The molecule has 1 saturated heterocycles. The Kier molecular flexibility index (Phi) is 3.66. The smallest absolute Gasteiger partial charge is 0.172 e. The van der Waals surface area contributed by atoms with Crippen LogP contribution in [-0.4, -0.2) is 24.8 Å². The summed E-state index contributed by atoms with van der Waals surface area (Å²) in [6.07, 6.45) is 11.4. The first-order valence-corrected chi connectivity index (χ1v) is 10.6. The van der Waals surface area contributed by atoms with Crippen molar-refractivity contribution in [2.24, 2.45) is 22.7 Å². The zero-order chi connectivity index (χ0) is 18.2. The minimum absolute atomic E-state index is 0.138. The van der Waals surface area contributed by atoms with Crippen LogP contribution in [0.5, 0.6) is 0 Å². The summed E-state index contributed by atoms with van der Waals surface area (Å²) in [6, 6.07) is 0. The van der Waals surface area contributed by atoms with E-state index >= 15 is 0 Å². The number of ketones is 1. The van der Waals surface area contributed by atoms with Crippen molar-refractivity contribution in [1.82, 2.24) is 0 Å². The van der Waals surface area contributed by atoms with E-state index in [0.717, 1.165) is 45.3 Å². The van der Waals surface area contributed by atoms with Crippen molar-refractivity contribution in [3.8, 4) is 0 Å². The first kappa shape index (κ1) is 17.2. The molecule has 0 amide bonds. The summed E-state index contributed by atoms with van der Waals surface area (Å²) < 4.78 is 12.0. The lowest BCUT2D eigenvalue weighted by atomic mass is 9.53. The van der Waals surface area contributed by atoms with Crippen molar-refractivity contribution in [2.75, 3.05) is 13.2 Å². The maximum absolute atomic E-state index is 12.5. The molecule has 0 aromatic heterocycles. The number of fused-ring (bicyclic) bond motifs is 4. The Morgan fingerprint density at radius 3 is 2.62 bits per heavy atom. The molecule has 3 heteroatoms. The molecular formula is C23H32O3. The van der Waals surface area contributed by atoms with Gasteiger partial charge in [-0.25, -0.2) is 0 Å². The van der Waals surface area contributed by atoms with Crippen LogP contribution in [0.2, 0.25) is 0 Å². The summed E-state index contributed by atoms with van der Waals surface area (Å²) in [4.78, 5) is 12.5. The molecular weight excluding hydrogens is 324 g/mol. The average Bonchev–Trinajstić information content (AvgIpc) is 3.18. The standard InChI is InChI=1S/C23H32O3/c1-15(24)21(2)10-8-20-19-5-4-16-14-23(25-12-13-26-23)11-7-17(16)18(19)6-9-22(20,21)3/h6,19-20H,4-5,7-14H2,1-3H3/t19?,20?,21-,22+/m1/s1. The minimum atomic E-state index is -0.310. The maximum Gasteiger partial charge on any atom is 0.172 e. The van der Waals surface area contributed by atoms with Gasteiger partial charge in [0.2, 0.25) is 0 Å². The molecule has 4 atom stereocenters. The van der Waals surface area contributed by atoms with Crippen LogP contribution >= 0.6 is 0 Å². The Bertz CT molecular complexity index is 711. The van der Waals surface area contributed by atoms with Crippen LogP contribution in [-0.2, 0) is 14.3 Å². The predicted octanol–water partition coefficient (Wildman–Crippen LogP) is 4.96. The van der Waals surface area contributed by atoms with Gasteiger partial charge < -0.3 is 9.47 Å². The molecule has 1 spiro atoms. The van der Waals surface area contributed by atoms with E-state index < -0.39 is 0 Å². The summed E-state index contributed by atoms with van der Waals surface area (Å²) in [7, 11) is 0. The lowest BCUT2D eigenvalue weighted by Gasteiger charge is -2.51. The number of carbonyl (C=O) groups excluding carboxylic acids is 1. The van der Waals surface area contributed by atoms with Crippen LogP contribution in [0.15, 0.2) is 22.8 Å². The largest absolute Gasteiger partial charge is 0.347 e. The van der Waals surface area contributed by atoms with E-state index in [-0.39, 0.29) is 16.6 Å². The molecule has 1 aliphatic heterocycles. The van der Waals surface area contributed by atoms with Crippen molar-refractivity contribution in [3.63, 3.8) is 0 Å². The van der Waals surface area contributed by atoms with E-state index in [2.05, 4.69) is 19.9 Å². The average molecular weight is 357 g/mol. The minimum Gasteiger partial charge on any atom is -0.347 e. The van der Waals surface area contributed by atoms with Gasteiger partial charge >= 0.3 is 0 Å². The molecule has 0 aromatic carbocycles. The highest BCUT2D eigenvalue weighted by molar-refractivity contribution is 5.83. The first-order valence-electron chi connectivity index (χ1n) is 10.6. The molecule has 2 unspecified atom stereocenters. The second kappa shape index (κ2) is 5.54. The van der Waals surface area contributed by atoms with E-state index in [0.29, 0.717) is 17.6 Å². The Hall–Kier alpha value is -0.930. The van der Waals surface area contributed by atoms with Crippen molar-refractivity contribution in [2.45, 2.75) is 77.9 Å². The second-order valence-electron chi connectivity index (χ2n) is 9.83. The number of allylic oxidation sites excluding steroid dienone is 3. The third-order valence-corrected chi connectivity index (χ3v) is 9.03. The molecule has 26 heavy (non-hydrogen) atoms. The summed E-state index contributed by atoms with van der Waals surface area (Å²) >= 11 is 0. The van der Waals surface area contributed by atoms with Gasteiger partial charge in [0, 0.05) is 18.3 Å². The fourth-order valence-electron chi connectivity index (χ4n) is 7.12. The lowest BCUT2D eigenvalue weighted by molar-refractivity contribution is -0.164. The van der Waals surface area contributed by atoms with Gasteiger partial charge in [0.25, 0.3) is 0 Å². The van der Waals surface area contributed by atoms with Crippen LogP contribution < -0.4 is 0 Å². The molecule has 0 N–H and O–H groups in total. The van der Waals surface area contributed by atoms with Crippen molar-refractivity contribution >= 4 is 5.78 Å². The van der Waals surface area contributed by atoms with Crippen LogP contribution in [0, 0.1) is 22.7 Å². The van der Waals surface area contributed by atoms with Crippen LogP contribution in [0.25, 0.3) is 0 Å². The zero-order valence-corrected chi connectivity index (χ0v) is 16.5. The number of ether oxygens (including phenoxy) is 2. The normalized spacial score (nSPS) is 43.7. The zero-order valence-electron chi connectivity index (χ0n) is 16.5. The van der Waals surface area contributed by atoms with Crippen molar-refractivity contribution < 1.29 is 14.3 Å². The fraction of sp³-hybridized carbons (Fsp3) is 0.783. The lowest BCUT2D eigenvalue weighted by Crippen LogP contribution is -2.46. The molecule has 3 nitrogen and oxygen atoms in total. The molecule has 0 aromatic rings. The van der Waals surface area contributed by atoms with Gasteiger partial charge in [-0.15, -0.1) is 0 Å². The quantitative estimate of drug-likeness (QED) is 0.666. The number of rotatable bonds is 1. The van der Waals surface area contributed by atoms with Gasteiger partial charge in [0.1, 0.15) is 5.78 Å². The van der Waals surface area contributed by atoms with E-state index in [4.69, 9.17) is 9.47 Å². The van der Waals surface area contributed by atoms with Crippen LogP contribution in [0.1, 0.15) is 72.1 Å². The Morgan fingerprint density at radius 1 is 1.12 bits per heavy atom. The Morgan fingerprint density at radius 2 is 1.88 bits per heavy atom. The van der Waals surface area contributed by atoms with Gasteiger partial charge in [-0.1, -0.05) is 25.5 Å². The molecule has 5 rings (SSSR count). The second-order valence-corrected chi connectivity index (χ2v) is 9.83. The molecule has 0 radical (unpaired) electrons. The highest BCUT2D eigenvalue weighted by Crippen LogP contribution is 2.66. The van der Waals surface area contributed by atoms with E-state index in [1.807, 2.05) is 6.92 Å². The molecule has 1 heterocycles. The van der Waals surface area contributed by atoms with E-state index in [1.165, 1.54) is 19.3 Å². The fourth-order valence-corrected chi connectivity index (χ4v) is 7.12. The molecule has 4 aliphatic carbocycles. The van der Waals surface area contributed by atoms with Gasteiger partial charge in [0.15, 0.2) is 5.79 Å². The number of hydrogen-bond donors (Lipinski definition) is 0. The van der Waals surface area contributed by atoms with E-state index in [1.54, 1.807) is 16.7 Å². The van der Waals surface area contributed by atoms with Gasteiger partial charge in [-0.2, -0.15) is 0 Å². The summed E-state index contributed by atoms with van der Waals surface area (Å²) in [6.45, 7) is 7.95. The first-order chi connectivity index (χ1) is 12.4. The Balaban J connectivity index is 1.49. The molecule has 5 aliphatic rings. The van der Waals surface area contributed by atoms with Gasteiger partial charge in [-0.3, -0.25) is 4.79 Å². The summed E-state index contributed by atoms with van der Waals surface area (Å²) in [5, 5.41) is 0. The maximum atomic E-state index is 12.5. The van der Waals surface area contributed by atoms with Gasteiger partial charge in [-0.05, 0) is 73.8 Å². The Labute approximate surface area is 157 Å². The van der Waals surface area contributed by atoms with Crippen molar-refractivity contribution in [3.05, 3.63) is 22.8 Å². The SMILES string of the molecule is CC(=O)[C@@]1(C)CCC2C3CCC4=C(CCC5(C4)OCCO5)C3=CC[C@@]21C. The highest BCUT2D eigenvalue weighted by atomic mass is 16.7. The molecule has 0 bridgehead atoms. The highest BCUT2D eigenvalue weighted by Gasteiger charge is 2.60.